The molecule has 1 aromatic rings. The zero-order chi connectivity index (χ0) is 23.4. The second kappa shape index (κ2) is 13.3. The summed E-state index contributed by atoms with van der Waals surface area (Å²) in [4.78, 5) is 10.7. The number of benzene rings is 1. The summed E-state index contributed by atoms with van der Waals surface area (Å²) in [5.41, 5.74) is 0.782. The topological polar surface area (TPSA) is 131 Å². The molecule has 0 bridgehead atoms. The van der Waals surface area contributed by atoms with E-state index in [1.165, 1.54) is 21.1 Å². The van der Waals surface area contributed by atoms with Crippen molar-refractivity contribution in [3.8, 4) is 23.0 Å². The predicted molar refractivity (Wildman–Crippen MR) is 114 cm³/mol. The van der Waals surface area contributed by atoms with Crippen LogP contribution in [0.15, 0.2) is 0 Å². The van der Waals surface area contributed by atoms with Crippen molar-refractivity contribution in [2.24, 2.45) is 0 Å². The molecule has 0 aliphatic rings. The monoisotopic (exact) mass is 461 g/mol. The quantitative estimate of drug-likeness (QED) is 0.179. The molecule has 0 spiro atoms. The molecule has 0 radical (unpaired) electrons. The van der Waals surface area contributed by atoms with Gasteiger partial charge in [-0.2, -0.15) is 0 Å². The molecule has 0 aliphatic heterocycles. The van der Waals surface area contributed by atoms with Gasteiger partial charge in [-0.25, -0.2) is 8.42 Å². The molecule has 0 fully saturated rings. The maximum Gasteiger partial charge on any atom is 0.302 e. The lowest BCUT2D eigenvalue weighted by molar-refractivity contribution is -0.141. The van der Waals surface area contributed by atoms with Crippen LogP contribution >= 0.6 is 0 Å². The minimum atomic E-state index is -5.04. The first-order valence-electron chi connectivity index (χ1n) is 10.4. The Labute approximate surface area is 184 Å². The summed E-state index contributed by atoms with van der Waals surface area (Å²) in [6.45, 7) is 3.47. The van der Waals surface area contributed by atoms with E-state index in [9.17, 15) is 22.9 Å². The summed E-state index contributed by atoms with van der Waals surface area (Å²) < 4.78 is 53.5. The van der Waals surface area contributed by atoms with Crippen molar-refractivity contribution in [1.29, 1.82) is 0 Å². The molecule has 178 valence electrons. The molecule has 0 aromatic heterocycles. The summed E-state index contributed by atoms with van der Waals surface area (Å²) >= 11 is 0. The maximum absolute atomic E-state index is 11.2. The highest BCUT2D eigenvalue weighted by Crippen LogP contribution is 2.49. The Morgan fingerprint density at radius 3 is 1.90 bits per heavy atom. The van der Waals surface area contributed by atoms with Crippen LogP contribution in [0.1, 0.15) is 69.4 Å². The normalized spacial score (nSPS) is 11.3. The number of ether oxygens (including phenoxy) is 3. The number of phenols is 1. The summed E-state index contributed by atoms with van der Waals surface area (Å²) in [5, 5.41) is 10.4. The van der Waals surface area contributed by atoms with Crippen LogP contribution in [-0.4, -0.2) is 44.9 Å². The number of hydrogen-bond acceptors (Lipinski definition) is 9. The van der Waals surface area contributed by atoms with Gasteiger partial charge in [0.15, 0.2) is 11.5 Å². The first-order valence-corrected chi connectivity index (χ1v) is 11.7. The van der Waals surface area contributed by atoms with Crippen molar-refractivity contribution in [2.75, 3.05) is 20.8 Å². The molecule has 0 saturated heterocycles. The van der Waals surface area contributed by atoms with Crippen molar-refractivity contribution >= 4 is 16.4 Å². The van der Waals surface area contributed by atoms with Gasteiger partial charge in [-0.1, -0.05) is 38.5 Å². The molecule has 0 heterocycles. The van der Waals surface area contributed by atoms with Crippen LogP contribution in [0.25, 0.3) is 0 Å². The third kappa shape index (κ3) is 9.22. The van der Waals surface area contributed by atoms with Gasteiger partial charge < -0.3 is 28.1 Å². The largest absolute Gasteiger partial charge is 0.716 e. The highest BCUT2D eigenvalue weighted by Gasteiger charge is 2.26. The van der Waals surface area contributed by atoms with E-state index in [2.05, 4.69) is 4.18 Å². The number of carbonyl (C=O) groups is 1. The Morgan fingerprint density at radius 2 is 1.42 bits per heavy atom. The van der Waals surface area contributed by atoms with Crippen molar-refractivity contribution in [3.05, 3.63) is 11.1 Å². The van der Waals surface area contributed by atoms with Crippen LogP contribution < -0.4 is 13.7 Å². The van der Waals surface area contributed by atoms with Gasteiger partial charge in [0, 0.05) is 18.1 Å². The Bertz CT molecular complexity index is 819. The average Bonchev–Trinajstić information content (AvgIpc) is 2.69. The molecule has 0 unspecified atom stereocenters. The van der Waals surface area contributed by atoms with E-state index in [-0.39, 0.29) is 29.0 Å². The zero-order valence-corrected chi connectivity index (χ0v) is 19.5. The lowest BCUT2D eigenvalue weighted by Crippen LogP contribution is -2.11. The van der Waals surface area contributed by atoms with Gasteiger partial charge in [-0.05, 0) is 26.2 Å². The smallest absolute Gasteiger partial charge is 0.302 e. The minimum absolute atomic E-state index is 0.0869. The Morgan fingerprint density at radius 1 is 0.903 bits per heavy atom. The molecule has 0 atom stereocenters. The van der Waals surface area contributed by atoms with Crippen molar-refractivity contribution in [2.45, 2.75) is 71.6 Å². The number of aromatic hydroxyl groups is 1. The zero-order valence-electron chi connectivity index (χ0n) is 18.7. The number of unbranched alkanes of at least 4 members (excludes halogenated alkanes) is 7. The van der Waals surface area contributed by atoms with Gasteiger partial charge in [-0.3, -0.25) is 4.79 Å². The van der Waals surface area contributed by atoms with E-state index in [0.717, 1.165) is 51.4 Å². The first kappa shape index (κ1) is 26.8. The minimum Gasteiger partial charge on any atom is -0.716 e. The van der Waals surface area contributed by atoms with Crippen LogP contribution in [0.2, 0.25) is 0 Å². The lowest BCUT2D eigenvalue weighted by Gasteiger charge is -2.21. The Balaban J connectivity index is 2.62. The Kier molecular flexibility index (Phi) is 11.5. The fourth-order valence-electron chi connectivity index (χ4n) is 3.38. The van der Waals surface area contributed by atoms with Crippen molar-refractivity contribution in [3.63, 3.8) is 0 Å². The highest BCUT2D eigenvalue weighted by atomic mass is 32.3. The van der Waals surface area contributed by atoms with Crippen LogP contribution in [0.4, 0.5) is 0 Å². The Hall–Kier alpha value is -2.20. The molecule has 0 aliphatic carbocycles. The van der Waals surface area contributed by atoms with Crippen LogP contribution in [0.5, 0.6) is 23.0 Å². The second-order valence-electron chi connectivity index (χ2n) is 7.26. The third-order valence-corrected chi connectivity index (χ3v) is 5.30. The van der Waals surface area contributed by atoms with Gasteiger partial charge in [0.05, 0.1) is 20.8 Å². The number of methoxy groups -OCH3 is 2. The van der Waals surface area contributed by atoms with E-state index in [4.69, 9.17) is 14.2 Å². The van der Waals surface area contributed by atoms with Gasteiger partial charge in [-0.15, -0.1) is 0 Å². The van der Waals surface area contributed by atoms with Gasteiger partial charge in [0.1, 0.15) is 0 Å². The number of rotatable bonds is 15. The standard InChI is InChI=1S/C21H34O9S/c1-15-17(13-11-9-7-5-6-8-10-12-14-29-16(2)22)19(30-31(24,25)26)21(28-4)20(27-3)18(15)23/h23H,5-14H2,1-4H3,(H,24,25,26)/p-1. The van der Waals surface area contributed by atoms with Gasteiger partial charge in [0.2, 0.25) is 11.5 Å². The molecule has 31 heavy (non-hydrogen) atoms. The molecule has 0 amide bonds. The van der Waals surface area contributed by atoms with Crippen LogP contribution in [-0.2, 0) is 26.4 Å². The fourth-order valence-corrected chi connectivity index (χ4v) is 3.76. The second-order valence-corrected chi connectivity index (χ2v) is 8.24. The van der Waals surface area contributed by atoms with Crippen molar-refractivity contribution < 1.29 is 41.3 Å². The molecular formula is C21H33O9S-. The molecule has 0 saturated carbocycles. The number of esters is 1. The van der Waals surface area contributed by atoms with Gasteiger partial charge in [0.25, 0.3) is 10.4 Å². The van der Waals surface area contributed by atoms with E-state index in [1.807, 2.05) is 0 Å². The summed E-state index contributed by atoms with van der Waals surface area (Å²) in [5.74, 6) is -0.888. The number of phenolic OH excluding ortho intramolecular Hbond substituents is 1. The van der Waals surface area contributed by atoms with Crippen molar-refractivity contribution in [1.82, 2.24) is 0 Å². The first-order chi connectivity index (χ1) is 14.6. The van der Waals surface area contributed by atoms with Crippen LogP contribution in [0, 0.1) is 6.92 Å². The molecule has 9 nitrogen and oxygen atoms in total. The number of hydrogen-bond donors (Lipinski definition) is 1. The van der Waals surface area contributed by atoms with Gasteiger partial charge >= 0.3 is 5.97 Å². The highest BCUT2D eigenvalue weighted by molar-refractivity contribution is 7.81. The third-order valence-electron chi connectivity index (χ3n) is 4.93. The summed E-state index contributed by atoms with van der Waals surface area (Å²) in [6.07, 6.45) is 8.12. The van der Waals surface area contributed by atoms with E-state index >= 15 is 0 Å². The fraction of sp³-hybridized carbons (Fsp3) is 0.667. The molecule has 1 rings (SSSR count). The molecule has 10 heteroatoms. The van der Waals surface area contributed by atoms with E-state index in [1.54, 1.807) is 6.92 Å². The average molecular weight is 462 g/mol. The van der Waals surface area contributed by atoms with E-state index < -0.39 is 10.4 Å². The molecule has 1 N–H and O–H groups in total. The lowest BCUT2D eigenvalue weighted by atomic mass is 9.98. The SMILES string of the molecule is COc1c(O)c(C)c(CCCCCCCCCCOC(C)=O)c(OS(=O)(=O)[O-])c1OC. The van der Waals surface area contributed by atoms with Crippen LogP contribution in [0.3, 0.4) is 0 Å². The summed E-state index contributed by atoms with van der Waals surface area (Å²) in [6, 6.07) is 0. The summed E-state index contributed by atoms with van der Waals surface area (Å²) in [7, 11) is -2.47. The maximum atomic E-state index is 11.2. The predicted octanol–water partition coefficient (Wildman–Crippen LogP) is 3.78. The van der Waals surface area contributed by atoms with E-state index in [0.29, 0.717) is 24.2 Å². The molecular weight excluding hydrogens is 428 g/mol. The molecule has 1 aromatic carbocycles. The number of carbonyl (C=O) groups excluding carboxylic acids is 1.